The molecule has 0 saturated carbocycles. The molecule has 1 unspecified atom stereocenters. The first-order valence-corrected chi connectivity index (χ1v) is 7.67. The molecule has 1 atom stereocenters. The number of thioether (sulfide) groups is 1. The third kappa shape index (κ3) is 2.47. The van der Waals surface area contributed by atoms with Gasteiger partial charge in [-0.15, -0.1) is 0 Å². The number of fused-ring (bicyclic) bond motifs is 1. The van der Waals surface area contributed by atoms with Gasteiger partial charge in [-0.3, -0.25) is 4.40 Å². The summed E-state index contributed by atoms with van der Waals surface area (Å²) in [5, 5.41) is 9.28. The standard InChI is InChI=1S/C14H16N2O2S/c17-14(18)12-5-1-4-11-8-15-13(16(11)12)7-10-3-2-6-19-9-10/h1,4-5,8,10H,2-3,6-7,9H2,(H,17,18). The molecule has 1 saturated heterocycles. The van der Waals surface area contributed by atoms with E-state index >= 15 is 0 Å². The molecule has 3 rings (SSSR count). The highest BCUT2D eigenvalue weighted by molar-refractivity contribution is 7.99. The van der Waals surface area contributed by atoms with Gasteiger partial charge in [0, 0.05) is 6.42 Å². The van der Waals surface area contributed by atoms with E-state index < -0.39 is 5.97 Å². The molecule has 1 aliphatic rings. The molecule has 0 bridgehead atoms. The third-order valence-corrected chi connectivity index (χ3v) is 4.85. The van der Waals surface area contributed by atoms with Crippen molar-refractivity contribution in [2.45, 2.75) is 19.3 Å². The number of aromatic carboxylic acids is 1. The molecule has 19 heavy (non-hydrogen) atoms. The summed E-state index contributed by atoms with van der Waals surface area (Å²) in [5.41, 5.74) is 1.16. The van der Waals surface area contributed by atoms with Crippen LogP contribution in [0.1, 0.15) is 29.2 Å². The summed E-state index contributed by atoms with van der Waals surface area (Å²) >= 11 is 1.99. The zero-order valence-electron chi connectivity index (χ0n) is 10.6. The Morgan fingerprint density at radius 2 is 2.42 bits per heavy atom. The molecular formula is C14H16N2O2S. The lowest BCUT2D eigenvalue weighted by Crippen LogP contribution is -2.16. The van der Waals surface area contributed by atoms with Gasteiger partial charge in [0.2, 0.25) is 0 Å². The second kappa shape index (κ2) is 5.25. The van der Waals surface area contributed by atoms with Crippen LogP contribution >= 0.6 is 11.8 Å². The summed E-state index contributed by atoms with van der Waals surface area (Å²) < 4.78 is 1.78. The Kier molecular flexibility index (Phi) is 3.46. The first kappa shape index (κ1) is 12.5. The van der Waals surface area contributed by atoms with Gasteiger partial charge < -0.3 is 5.11 Å². The van der Waals surface area contributed by atoms with Gasteiger partial charge in [0.05, 0.1) is 11.7 Å². The fourth-order valence-corrected chi connectivity index (χ4v) is 3.81. The van der Waals surface area contributed by atoms with E-state index in [2.05, 4.69) is 4.98 Å². The van der Waals surface area contributed by atoms with Crippen LogP contribution in [-0.4, -0.2) is 32.0 Å². The average Bonchev–Trinajstić information content (AvgIpc) is 2.83. The Hall–Kier alpha value is -1.49. The van der Waals surface area contributed by atoms with Crippen LogP contribution in [0.2, 0.25) is 0 Å². The van der Waals surface area contributed by atoms with Gasteiger partial charge in [-0.1, -0.05) is 6.07 Å². The minimum absolute atomic E-state index is 0.300. The second-order valence-electron chi connectivity index (χ2n) is 4.94. The molecule has 2 aromatic heterocycles. The van der Waals surface area contributed by atoms with Crippen molar-refractivity contribution in [2.75, 3.05) is 11.5 Å². The van der Waals surface area contributed by atoms with Gasteiger partial charge in [0.25, 0.3) is 0 Å². The van der Waals surface area contributed by atoms with Crippen molar-refractivity contribution in [3.05, 3.63) is 35.9 Å². The van der Waals surface area contributed by atoms with Crippen LogP contribution in [-0.2, 0) is 6.42 Å². The summed E-state index contributed by atoms with van der Waals surface area (Å²) in [6, 6.07) is 5.30. The normalized spacial score (nSPS) is 19.7. The van der Waals surface area contributed by atoms with Crippen molar-refractivity contribution in [1.29, 1.82) is 0 Å². The SMILES string of the molecule is O=C(O)c1cccc2cnc(CC3CCCSC3)n12. The fraction of sp³-hybridized carbons (Fsp3) is 0.429. The number of carboxylic acids is 1. The van der Waals surface area contributed by atoms with E-state index in [9.17, 15) is 9.90 Å². The summed E-state index contributed by atoms with van der Waals surface area (Å²) in [6.45, 7) is 0. The summed E-state index contributed by atoms with van der Waals surface area (Å²) in [6.07, 6.45) is 5.10. The number of hydrogen-bond acceptors (Lipinski definition) is 3. The van der Waals surface area contributed by atoms with Crippen molar-refractivity contribution in [3.63, 3.8) is 0 Å². The van der Waals surface area contributed by atoms with Crippen molar-refractivity contribution in [3.8, 4) is 0 Å². The Balaban J connectivity index is 1.96. The smallest absolute Gasteiger partial charge is 0.352 e. The number of rotatable bonds is 3. The van der Waals surface area contributed by atoms with Crippen molar-refractivity contribution in [2.24, 2.45) is 5.92 Å². The summed E-state index contributed by atoms with van der Waals surface area (Å²) in [5.74, 6) is 3.00. The van der Waals surface area contributed by atoms with E-state index in [0.29, 0.717) is 11.6 Å². The van der Waals surface area contributed by atoms with Crippen molar-refractivity contribution >= 4 is 23.2 Å². The maximum Gasteiger partial charge on any atom is 0.352 e. The van der Waals surface area contributed by atoms with E-state index in [1.807, 2.05) is 17.8 Å². The molecular weight excluding hydrogens is 260 g/mol. The van der Waals surface area contributed by atoms with Crippen LogP contribution in [0.4, 0.5) is 0 Å². The topological polar surface area (TPSA) is 54.6 Å². The Morgan fingerprint density at radius 1 is 1.53 bits per heavy atom. The van der Waals surface area contributed by atoms with Gasteiger partial charge in [-0.25, -0.2) is 9.78 Å². The first-order chi connectivity index (χ1) is 9.25. The number of hydrogen-bond donors (Lipinski definition) is 1. The fourth-order valence-electron chi connectivity index (χ4n) is 2.65. The average molecular weight is 276 g/mol. The van der Waals surface area contributed by atoms with E-state index in [0.717, 1.165) is 23.5 Å². The lowest BCUT2D eigenvalue weighted by molar-refractivity contribution is 0.0688. The first-order valence-electron chi connectivity index (χ1n) is 6.52. The molecule has 1 N–H and O–H groups in total. The van der Waals surface area contributed by atoms with Crippen LogP contribution in [0.5, 0.6) is 0 Å². The van der Waals surface area contributed by atoms with Crippen molar-refractivity contribution < 1.29 is 9.90 Å². The molecule has 0 aliphatic carbocycles. The quantitative estimate of drug-likeness (QED) is 0.936. The van der Waals surface area contributed by atoms with Crippen LogP contribution < -0.4 is 0 Å². The monoisotopic (exact) mass is 276 g/mol. The van der Waals surface area contributed by atoms with Gasteiger partial charge in [-0.2, -0.15) is 11.8 Å². The van der Waals surface area contributed by atoms with Crippen LogP contribution in [0, 0.1) is 5.92 Å². The van der Waals surface area contributed by atoms with Gasteiger partial charge in [0.15, 0.2) is 0 Å². The number of carboxylic acid groups (broad SMARTS) is 1. The predicted octanol–water partition coefficient (Wildman–Crippen LogP) is 2.72. The highest BCUT2D eigenvalue weighted by Crippen LogP contribution is 2.26. The van der Waals surface area contributed by atoms with Crippen LogP contribution in [0.15, 0.2) is 24.4 Å². The number of nitrogens with zero attached hydrogens (tertiary/aromatic N) is 2. The van der Waals surface area contributed by atoms with Crippen LogP contribution in [0.3, 0.4) is 0 Å². The molecule has 1 aliphatic heterocycles. The lowest BCUT2D eigenvalue weighted by atomic mass is 10.0. The van der Waals surface area contributed by atoms with E-state index in [-0.39, 0.29) is 0 Å². The highest BCUT2D eigenvalue weighted by atomic mass is 32.2. The Labute approximate surface area is 115 Å². The van der Waals surface area contributed by atoms with Crippen LogP contribution in [0.25, 0.3) is 5.52 Å². The molecule has 0 amide bonds. The minimum atomic E-state index is -0.900. The molecule has 5 heteroatoms. The predicted molar refractivity (Wildman–Crippen MR) is 75.9 cm³/mol. The largest absolute Gasteiger partial charge is 0.477 e. The molecule has 0 aromatic carbocycles. The van der Waals surface area contributed by atoms with E-state index in [1.165, 1.54) is 18.6 Å². The Morgan fingerprint density at radius 3 is 3.16 bits per heavy atom. The molecule has 1 fully saturated rings. The molecule has 2 aromatic rings. The Bertz CT molecular complexity index is 603. The zero-order valence-corrected chi connectivity index (χ0v) is 11.4. The summed E-state index contributed by atoms with van der Waals surface area (Å²) in [4.78, 5) is 15.7. The minimum Gasteiger partial charge on any atom is -0.477 e. The molecule has 0 radical (unpaired) electrons. The molecule has 100 valence electrons. The molecule has 0 spiro atoms. The second-order valence-corrected chi connectivity index (χ2v) is 6.09. The van der Waals surface area contributed by atoms with Crippen molar-refractivity contribution in [1.82, 2.24) is 9.38 Å². The zero-order chi connectivity index (χ0) is 13.2. The lowest BCUT2D eigenvalue weighted by Gasteiger charge is -2.20. The van der Waals surface area contributed by atoms with Gasteiger partial charge in [0.1, 0.15) is 11.5 Å². The number of pyridine rings is 1. The van der Waals surface area contributed by atoms with E-state index in [4.69, 9.17) is 0 Å². The maximum absolute atomic E-state index is 11.3. The van der Waals surface area contributed by atoms with Gasteiger partial charge >= 0.3 is 5.97 Å². The number of carbonyl (C=O) groups is 1. The molecule has 4 nitrogen and oxygen atoms in total. The number of imidazole rings is 1. The molecule has 3 heterocycles. The number of aromatic nitrogens is 2. The third-order valence-electron chi connectivity index (χ3n) is 3.57. The van der Waals surface area contributed by atoms with E-state index in [1.54, 1.807) is 22.7 Å². The maximum atomic E-state index is 11.3. The van der Waals surface area contributed by atoms with Gasteiger partial charge in [-0.05, 0) is 42.4 Å². The summed E-state index contributed by atoms with van der Waals surface area (Å²) in [7, 11) is 0. The highest BCUT2D eigenvalue weighted by Gasteiger charge is 2.19.